The number of carbonyl (C=O) groups excluding carboxylic acids is 1. The van der Waals surface area contributed by atoms with E-state index in [0.717, 1.165) is 3.57 Å². The van der Waals surface area contributed by atoms with Crippen molar-refractivity contribution in [3.8, 4) is 0 Å². The zero-order valence-electron chi connectivity index (χ0n) is 14.5. The van der Waals surface area contributed by atoms with Gasteiger partial charge in [0.1, 0.15) is 0 Å². The molecule has 7 heteroatoms. The van der Waals surface area contributed by atoms with E-state index in [1.165, 1.54) is 23.5 Å². The van der Waals surface area contributed by atoms with Crippen LogP contribution in [0.5, 0.6) is 0 Å². The molecule has 0 atom stereocenters. The second-order valence-electron chi connectivity index (χ2n) is 5.77. The number of sulfonamides is 1. The minimum Gasteiger partial charge on any atom is -0.322 e. The summed E-state index contributed by atoms with van der Waals surface area (Å²) in [6.45, 7) is 0. The average Bonchev–Trinajstić information content (AvgIpc) is 2.68. The van der Waals surface area contributed by atoms with Gasteiger partial charge in [0.15, 0.2) is 0 Å². The SMILES string of the molecule is CN(c1ccccc1)S(=O)(=O)c1ccc(NC(=O)c2ccccc2I)cc1. The van der Waals surface area contributed by atoms with Gasteiger partial charge in [-0.3, -0.25) is 9.10 Å². The molecule has 0 heterocycles. The summed E-state index contributed by atoms with van der Waals surface area (Å²) in [5.41, 5.74) is 1.67. The van der Waals surface area contributed by atoms with Crippen LogP contribution in [0.2, 0.25) is 0 Å². The molecule has 0 saturated carbocycles. The summed E-state index contributed by atoms with van der Waals surface area (Å²) in [7, 11) is -2.17. The lowest BCUT2D eigenvalue weighted by Crippen LogP contribution is -2.26. The minimum absolute atomic E-state index is 0.154. The monoisotopic (exact) mass is 492 g/mol. The largest absolute Gasteiger partial charge is 0.322 e. The van der Waals surface area contributed by atoms with Crippen molar-refractivity contribution in [1.82, 2.24) is 0 Å². The van der Waals surface area contributed by atoms with Crippen LogP contribution < -0.4 is 9.62 Å². The zero-order valence-corrected chi connectivity index (χ0v) is 17.4. The Labute approximate surface area is 172 Å². The van der Waals surface area contributed by atoms with Gasteiger partial charge < -0.3 is 5.32 Å². The number of anilines is 2. The molecule has 0 saturated heterocycles. The fourth-order valence-electron chi connectivity index (χ4n) is 2.49. The second kappa shape index (κ2) is 8.10. The highest BCUT2D eigenvalue weighted by molar-refractivity contribution is 14.1. The maximum atomic E-state index is 12.8. The maximum Gasteiger partial charge on any atom is 0.264 e. The van der Waals surface area contributed by atoms with Crippen LogP contribution in [-0.2, 0) is 10.0 Å². The van der Waals surface area contributed by atoms with Crippen molar-refractivity contribution in [3.05, 3.63) is 88.0 Å². The highest BCUT2D eigenvalue weighted by Crippen LogP contribution is 2.23. The van der Waals surface area contributed by atoms with Gasteiger partial charge >= 0.3 is 0 Å². The van der Waals surface area contributed by atoms with Crippen LogP contribution in [0, 0.1) is 3.57 Å². The summed E-state index contributed by atoms with van der Waals surface area (Å²) in [4.78, 5) is 12.5. The van der Waals surface area contributed by atoms with Gasteiger partial charge in [-0.1, -0.05) is 30.3 Å². The van der Waals surface area contributed by atoms with Crippen molar-refractivity contribution in [2.45, 2.75) is 4.90 Å². The van der Waals surface area contributed by atoms with Crippen LogP contribution in [-0.4, -0.2) is 21.4 Å². The van der Waals surface area contributed by atoms with E-state index in [1.807, 2.05) is 18.2 Å². The molecular weight excluding hydrogens is 475 g/mol. The molecule has 138 valence electrons. The van der Waals surface area contributed by atoms with Gasteiger partial charge in [0.25, 0.3) is 15.9 Å². The Bertz CT molecular complexity index is 1050. The molecule has 0 spiro atoms. The number of carbonyl (C=O) groups is 1. The number of nitrogens with zero attached hydrogens (tertiary/aromatic N) is 1. The first-order valence-corrected chi connectivity index (χ1v) is 10.6. The van der Waals surface area contributed by atoms with Crippen molar-refractivity contribution in [2.75, 3.05) is 16.7 Å². The Kier molecular flexibility index (Phi) is 5.81. The Morgan fingerprint density at radius 2 is 1.48 bits per heavy atom. The van der Waals surface area contributed by atoms with Crippen molar-refractivity contribution >= 4 is 49.9 Å². The summed E-state index contributed by atoms with van der Waals surface area (Å²) in [5.74, 6) is -0.239. The summed E-state index contributed by atoms with van der Waals surface area (Å²) >= 11 is 2.10. The Morgan fingerprint density at radius 1 is 0.889 bits per heavy atom. The highest BCUT2D eigenvalue weighted by Gasteiger charge is 2.21. The minimum atomic E-state index is -3.68. The quantitative estimate of drug-likeness (QED) is 0.539. The summed E-state index contributed by atoms with van der Waals surface area (Å²) in [6, 6.07) is 22.2. The van der Waals surface area contributed by atoms with Crippen LogP contribution >= 0.6 is 22.6 Å². The lowest BCUT2D eigenvalue weighted by Gasteiger charge is -2.19. The van der Waals surface area contributed by atoms with E-state index in [1.54, 1.807) is 48.5 Å². The lowest BCUT2D eigenvalue weighted by atomic mass is 10.2. The van der Waals surface area contributed by atoms with Crippen LogP contribution in [0.4, 0.5) is 11.4 Å². The first-order chi connectivity index (χ1) is 12.9. The number of hydrogen-bond donors (Lipinski definition) is 1. The smallest absolute Gasteiger partial charge is 0.264 e. The number of nitrogens with one attached hydrogen (secondary N) is 1. The summed E-state index contributed by atoms with van der Waals surface area (Å²) < 4.78 is 27.6. The normalized spacial score (nSPS) is 11.0. The molecule has 0 bridgehead atoms. The van der Waals surface area contributed by atoms with Gasteiger partial charge in [-0.2, -0.15) is 0 Å². The molecule has 3 aromatic carbocycles. The van der Waals surface area contributed by atoms with E-state index in [-0.39, 0.29) is 10.8 Å². The molecular formula is C20H17IN2O3S. The topological polar surface area (TPSA) is 66.5 Å². The Morgan fingerprint density at radius 3 is 2.11 bits per heavy atom. The second-order valence-corrected chi connectivity index (χ2v) is 8.90. The zero-order chi connectivity index (χ0) is 19.4. The standard InChI is InChI=1S/C20H17IN2O3S/c1-23(16-7-3-2-4-8-16)27(25,26)17-13-11-15(12-14-17)22-20(24)18-9-5-6-10-19(18)21/h2-14H,1H3,(H,22,24). The lowest BCUT2D eigenvalue weighted by molar-refractivity contribution is 0.102. The Hall–Kier alpha value is -2.39. The number of para-hydroxylation sites is 1. The summed E-state index contributed by atoms with van der Waals surface area (Å²) in [5, 5.41) is 2.79. The van der Waals surface area contributed by atoms with Crippen molar-refractivity contribution in [3.63, 3.8) is 0 Å². The number of hydrogen-bond acceptors (Lipinski definition) is 3. The number of halogens is 1. The third-order valence-electron chi connectivity index (χ3n) is 4.01. The van der Waals surface area contributed by atoms with E-state index in [0.29, 0.717) is 16.9 Å². The van der Waals surface area contributed by atoms with E-state index >= 15 is 0 Å². The van der Waals surface area contributed by atoms with Crippen molar-refractivity contribution in [1.29, 1.82) is 0 Å². The average molecular weight is 492 g/mol. The molecule has 1 amide bonds. The fourth-order valence-corrected chi connectivity index (χ4v) is 4.32. The van der Waals surface area contributed by atoms with Crippen molar-refractivity contribution in [2.24, 2.45) is 0 Å². The molecule has 0 aliphatic rings. The molecule has 0 aliphatic carbocycles. The molecule has 1 N–H and O–H groups in total. The third kappa shape index (κ3) is 4.30. The first kappa shape index (κ1) is 19.4. The third-order valence-corrected chi connectivity index (χ3v) is 6.75. The number of rotatable bonds is 5. The molecule has 3 rings (SSSR count). The fraction of sp³-hybridized carbons (Fsp3) is 0.0500. The predicted molar refractivity (Wildman–Crippen MR) is 116 cm³/mol. The molecule has 27 heavy (non-hydrogen) atoms. The summed E-state index contributed by atoms with van der Waals surface area (Å²) in [6.07, 6.45) is 0. The molecule has 0 aliphatic heterocycles. The van der Waals surface area contributed by atoms with E-state index in [4.69, 9.17) is 0 Å². The van der Waals surface area contributed by atoms with Gasteiger partial charge in [0.05, 0.1) is 16.1 Å². The molecule has 0 aromatic heterocycles. The van der Waals surface area contributed by atoms with Crippen LogP contribution in [0.1, 0.15) is 10.4 Å². The highest BCUT2D eigenvalue weighted by atomic mass is 127. The van der Waals surface area contributed by atoms with Gasteiger partial charge in [-0.25, -0.2) is 8.42 Å². The maximum absolute atomic E-state index is 12.8. The molecule has 5 nitrogen and oxygen atoms in total. The van der Waals surface area contributed by atoms with Gasteiger partial charge in [0, 0.05) is 16.3 Å². The van der Waals surface area contributed by atoms with E-state index < -0.39 is 10.0 Å². The first-order valence-electron chi connectivity index (χ1n) is 8.09. The molecule has 0 fully saturated rings. The Balaban J connectivity index is 1.79. The molecule has 0 unspecified atom stereocenters. The van der Waals surface area contributed by atoms with E-state index in [2.05, 4.69) is 27.9 Å². The molecule has 3 aromatic rings. The number of amides is 1. The van der Waals surface area contributed by atoms with Gasteiger partial charge in [0.2, 0.25) is 0 Å². The molecule has 0 radical (unpaired) electrons. The van der Waals surface area contributed by atoms with Crippen LogP contribution in [0.15, 0.2) is 83.8 Å². The van der Waals surface area contributed by atoms with Gasteiger partial charge in [-0.05, 0) is 71.1 Å². The van der Waals surface area contributed by atoms with E-state index in [9.17, 15) is 13.2 Å². The van der Waals surface area contributed by atoms with Gasteiger partial charge in [-0.15, -0.1) is 0 Å². The van der Waals surface area contributed by atoms with Crippen molar-refractivity contribution < 1.29 is 13.2 Å². The van der Waals surface area contributed by atoms with Crippen LogP contribution in [0.25, 0.3) is 0 Å². The number of benzene rings is 3. The van der Waals surface area contributed by atoms with Crippen LogP contribution in [0.3, 0.4) is 0 Å². The predicted octanol–water partition coefficient (Wildman–Crippen LogP) is 4.37.